The highest BCUT2D eigenvalue weighted by Crippen LogP contribution is 2.52. The number of anilines is 2. The summed E-state index contributed by atoms with van der Waals surface area (Å²) in [4.78, 5) is 2.37. The first-order chi connectivity index (χ1) is 21.0. The van der Waals surface area contributed by atoms with Crippen LogP contribution >= 0.6 is 0 Å². The molecule has 0 radical (unpaired) electrons. The zero-order valence-corrected chi connectivity index (χ0v) is 24.5. The summed E-state index contributed by atoms with van der Waals surface area (Å²) in [5.74, 6) is 2.86. The molecule has 0 saturated carbocycles. The average molecular weight is 564 g/mol. The van der Waals surface area contributed by atoms with E-state index in [1.807, 2.05) is 30.4 Å². The second-order valence-corrected chi connectivity index (χ2v) is 12.1. The van der Waals surface area contributed by atoms with E-state index in [4.69, 9.17) is 13.9 Å². The molecule has 3 aliphatic carbocycles. The molecule has 212 valence electrons. The lowest BCUT2D eigenvalue weighted by molar-refractivity contribution is 0.401. The van der Waals surface area contributed by atoms with Gasteiger partial charge in [-0.2, -0.15) is 0 Å². The number of rotatable bonds is 3. The summed E-state index contributed by atoms with van der Waals surface area (Å²) in [6.45, 7) is 8.82. The minimum Gasteiger partial charge on any atom is -0.461 e. The molecule has 4 aromatic rings. The van der Waals surface area contributed by atoms with Crippen LogP contribution in [0.1, 0.15) is 55.6 Å². The molecule has 0 amide bonds. The van der Waals surface area contributed by atoms with E-state index in [9.17, 15) is 0 Å². The van der Waals surface area contributed by atoms with Crippen molar-refractivity contribution in [2.75, 3.05) is 4.90 Å². The van der Waals surface area contributed by atoms with Crippen LogP contribution in [-0.4, -0.2) is 0 Å². The van der Waals surface area contributed by atoms with Crippen molar-refractivity contribution in [3.8, 4) is 11.5 Å². The number of para-hydroxylation sites is 1. The average Bonchev–Trinajstić information content (AvgIpc) is 3.52. The van der Waals surface area contributed by atoms with Crippen molar-refractivity contribution in [1.82, 2.24) is 0 Å². The van der Waals surface area contributed by atoms with Crippen molar-refractivity contribution in [2.24, 2.45) is 0 Å². The first-order valence-corrected chi connectivity index (χ1v) is 15.0. The Bertz CT molecular complexity index is 1980. The predicted molar refractivity (Wildman–Crippen MR) is 175 cm³/mol. The van der Waals surface area contributed by atoms with E-state index in [2.05, 4.69) is 92.1 Å². The van der Waals surface area contributed by atoms with E-state index in [0.29, 0.717) is 17.3 Å². The third-order valence-electron chi connectivity index (χ3n) is 9.16. The molecule has 0 fully saturated rings. The summed E-state index contributed by atoms with van der Waals surface area (Å²) in [5, 5.41) is 1.15. The van der Waals surface area contributed by atoms with Gasteiger partial charge in [-0.3, -0.25) is 0 Å². The Morgan fingerprint density at radius 3 is 2.65 bits per heavy atom. The van der Waals surface area contributed by atoms with Gasteiger partial charge in [0.1, 0.15) is 17.1 Å². The van der Waals surface area contributed by atoms with E-state index in [1.54, 1.807) is 11.8 Å². The molecule has 3 aromatic carbocycles. The van der Waals surface area contributed by atoms with Crippen molar-refractivity contribution in [3.05, 3.63) is 143 Å². The van der Waals surface area contributed by atoms with Gasteiger partial charge in [-0.15, -0.1) is 0 Å². The molecule has 4 nitrogen and oxygen atoms in total. The first-order valence-electron chi connectivity index (χ1n) is 15.0. The molecule has 4 aliphatic rings. The molecular formula is C39H33NO3. The highest BCUT2D eigenvalue weighted by molar-refractivity contribution is 5.92. The summed E-state index contributed by atoms with van der Waals surface area (Å²) >= 11 is 0. The Balaban J connectivity index is 1.30. The molecule has 8 rings (SSSR count). The minimum atomic E-state index is -0.0242. The van der Waals surface area contributed by atoms with Gasteiger partial charge in [0.05, 0.1) is 6.26 Å². The van der Waals surface area contributed by atoms with E-state index in [0.717, 1.165) is 59.4 Å². The standard InChI is InChI=1S/C39H33NO3/c1-25-10-8-9-21-41-37-20-17-28(24-38(37)42-25)40(26-16-19-36-32(22-26)31-12-5-7-14-35(31)43-36)27-15-18-30-29-11-4-6-13-33(29)39(2,3)34(30)23-27/h4-5,7-12,14-15,17-18,20-24H,1,6,13,16,19H2,2-3H3/b10-8-,21-9-. The van der Waals surface area contributed by atoms with Crippen molar-refractivity contribution in [2.45, 2.75) is 44.9 Å². The fourth-order valence-electron chi connectivity index (χ4n) is 7.06. The fraction of sp³-hybridized carbons (Fsp3) is 0.179. The molecule has 0 saturated heterocycles. The Morgan fingerprint density at radius 1 is 0.860 bits per heavy atom. The van der Waals surface area contributed by atoms with Gasteiger partial charge in [0.15, 0.2) is 11.5 Å². The number of ether oxygens (including phenoxy) is 2. The lowest BCUT2D eigenvalue weighted by atomic mass is 9.78. The molecule has 0 spiro atoms. The van der Waals surface area contributed by atoms with Crippen LogP contribution in [0, 0.1) is 0 Å². The SMILES string of the molecule is C=C1/C=C\C=C/Oc2ccc(N(C3=Cc4c(oc5ccccc45)CC3)c3ccc4c(c3)C(C)(C)C3=C4C=CCC3)cc2O1. The van der Waals surface area contributed by atoms with Crippen LogP contribution in [0.15, 0.2) is 125 Å². The van der Waals surface area contributed by atoms with E-state index >= 15 is 0 Å². The van der Waals surface area contributed by atoms with Crippen molar-refractivity contribution < 1.29 is 13.9 Å². The highest BCUT2D eigenvalue weighted by Gasteiger charge is 2.38. The zero-order chi connectivity index (χ0) is 29.1. The molecule has 43 heavy (non-hydrogen) atoms. The first kappa shape index (κ1) is 25.7. The van der Waals surface area contributed by atoms with Gasteiger partial charge in [0.25, 0.3) is 0 Å². The summed E-state index contributed by atoms with van der Waals surface area (Å²) in [6.07, 6.45) is 18.0. The van der Waals surface area contributed by atoms with Gasteiger partial charge < -0.3 is 18.8 Å². The zero-order valence-electron chi connectivity index (χ0n) is 24.5. The summed E-state index contributed by atoms with van der Waals surface area (Å²) in [7, 11) is 0. The van der Waals surface area contributed by atoms with E-state index < -0.39 is 0 Å². The summed E-state index contributed by atoms with van der Waals surface area (Å²) in [5.41, 5.74) is 11.1. The molecule has 0 atom stereocenters. The number of fused-ring (bicyclic) bond motifs is 6. The van der Waals surface area contributed by atoms with Crippen LogP contribution in [0.25, 0.3) is 22.6 Å². The van der Waals surface area contributed by atoms with Gasteiger partial charge in [0, 0.05) is 45.9 Å². The minimum absolute atomic E-state index is 0.0242. The molecule has 4 heteroatoms. The lowest BCUT2D eigenvalue weighted by Gasteiger charge is -2.32. The Kier molecular flexibility index (Phi) is 5.87. The van der Waals surface area contributed by atoms with Gasteiger partial charge in [0.2, 0.25) is 0 Å². The van der Waals surface area contributed by atoms with Crippen LogP contribution in [0.2, 0.25) is 0 Å². The largest absolute Gasteiger partial charge is 0.461 e. The fourth-order valence-corrected chi connectivity index (χ4v) is 7.06. The van der Waals surface area contributed by atoms with Crippen molar-refractivity contribution in [3.63, 3.8) is 0 Å². The number of hydrogen-bond donors (Lipinski definition) is 0. The highest BCUT2D eigenvalue weighted by atomic mass is 16.5. The maximum Gasteiger partial charge on any atom is 0.171 e. The lowest BCUT2D eigenvalue weighted by Crippen LogP contribution is -2.21. The van der Waals surface area contributed by atoms with Crippen LogP contribution in [0.4, 0.5) is 11.4 Å². The molecule has 1 aromatic heterocycles. The summed E-state index contributed by atoms with van der Waals surface area (Å²) < 4.78 is 18.4. The van der Waals surface area contributed by atoms with Crippen LogP contribution in [-0.2, 0) is 11.8 Å². The molecule has 0 unspecified atom stereocenters. The third kappa shape index (κ3) is 4.20. The maximum atomic E-state index is 6.26. The van der Waals surface area contributed by atoms with Crippen LogP contribution in [0.3, 0.4) is 0 Å². The van der Waals surface area contributed by atoms with E-state index in [1.165, 1.54) is 22.4 Å². The normalized spacial score (nSPS) is 19.5. The van der Waals surface area contributed by atoms with Crippen molar-refractivity contribution in [1.29, 1.82) is 0 Å². The van der Waals surface area contributed by atoms with Crippen molar-refractivity contribution >= 4 is 34.0 Å². The molecule has 0 bridgehead atoms. The number of allylic oxidation sites excluding steroid dienone is 8. The Labute approximate surface area is 252 Å². The van der Waals surface area contributed by atoms with Gasteiger partial charge in [-0.25, -0.2) is 0 Å². The van der Waals surface area contributed by atoms with Crippen LogP contribution < -0.4 is 14.4 Å². The second-order valence-electron chi connectivity index (χ2n) is 12.1. The Hall–Kier alpha value is -4.96. The molecular weight excluding hydrogens is 530 g/mol. The van der Waals surface area contributed by atoms with Gasteiger partial charge in [-0.05, 0) is 84.5 Å². The summed E-state index contributed by atoms with van der Waals surface area (Å²) in [6, 6.07) is 21.4. The molecule has 2 heterocycles. The quantitative estimate of drug-likeness (QED) is 0.248. The number of furan rings is 1. The number of hydrogen-bond acceptors (Lipinski definition) is 4. The topological polar surface area (TPSA) is 34.8 Å². The van der Waals surface area contributed by atoms with Gasteiger partial charge in [-0.1, -0.05) is 68.5 Å². The smallest absolute Gasteiger partial charge is 0.171 e. The Morgan fingerprint density at radius 2 is 1.72 bits per heavy atom. The third-order valence-corrected chi connectivity index (χ3v) is 9.16. The molecule has 1 aliphatic heterocycles. The monoisotopic (exact) mass is 563 g/mol. The maximum absolute atomic E-state index is 6.26. The molecule has 0 N–H and O–H groups in total. The second kappa shape index (κ2) is 9.81. The van der Waals surface area contributed by atoms with E-state index in [-0.39, 0.29) is 5.41 Å². The number of benzene rings is 3. The van der Waals surface area contributed by atoms with Crippen LogP contribution in [0.5, 0.6) is 11.5 Å². The number of nitrogens with zero attached hydrogens (tertiary/aromatic N) is 1. The predicted octanol–water partition coefficient (Wildman–Crippen LogP) is 10.3. The number of aryl methyl sites for hydroxylation is 1. The van der Waals surface area contributed by atoms with Gasteiger partial charge >= 0.3 is 0 Å².